The molecule has 0 radical (unpaired) electrons. The number of rotatable bonds is 5. The van der Waals surface area contributed by atoms with Crippen molar-refractivity contribution in [3.05, 3.63) is 46.2 Å². The van der Waals surface area contributed by atoms with E-state index >= 15 is 0 Å². The molecule has 22 heavy (non-hydrogen) atoms. The van der Waals surface area contributed by atoms with Gasteiger partial charge in [-0.15, -0.1) is 11.3 Å². The third-order valence-electron chi connectivity index (χ3n) is 4.06. The number of hydrogen-bond donors (Lipinski definition) is 1. The highest BCUT2D eigenvalue weighted by Crippen LogP contribution is 2.26. The largest absolute Gasteiger partial charge is 0.375 e. The second kappa shape index (κ2) is 7.28. The van der Waals surface area contributed by atoms with E-state index in [2.05, 4.69) is 26.6 Å². The van der Waals surface area contributed by atoms with Crippen molar-refractivity contribution in [3.8, 4) is 0 Å². The maximum absolute atomic E-state index is 5.35. The van der Waals surface area contributed by atoms with Crippen LogP contribution in [0.4, 0.5) is 0 Å². The smallest absolute Gasteiger partial charge is 0.122 e. The fourth-order valence-electron chi connectivity index (χ4n) is 2.73. The minimum absolute atomic E-state index is 0.0656. The first kappa shape index (κ1) is 15.6. The van der Waals surface area contributed by atoms with Crippen molar-refractivity contribution in [1.29, 1.82) is 0 Å². The molecule has 3 heterocycles. The summed E-state index contributed by atoms with van der Waals surface area (Å²) in [5, 5.41) is 6.67. The van der Waals surface area contributed by atoms with Crippen LogP contribution >= 0.6 is 11.3 Å². The fourth-order valence-corrected chi connectivity index (χ4v) is 3.57. The number of aromatic nitrogens is 2. The van der Waals surface area contributed by atoms with Gasteiger partial charge in [-0.1, -0.05) is 6.07 Å². The zero-order valence-electron chi connectivity index (χ0n) is 13.0. The van der Waals surface area contributed by atoms with Crippen LogP contribution in [0.2, 0.25) is 0 Å². The molecule has 0 aromatic carbocycles. The summed E-state index contributed by atoms with van der Waals surface area (Å²) in [4.78, 5) is 11.5. The molecule has 1 N–H and O–H groups in total. The van der Waals surface area contributed by atoms with Crippen molar-refractivity contribution >= 4 is 11.3 Å². The van der Waals surface area contributed by atoms with Gasteiger partial charge in [0.2, 0.25) is 0 Å². The van der Waals surface area contributed by atoms with Gasteiger partial charge >= 0.3 is 0 Å². The van der Waals surface area contributed by atoms with Gasteiger partial charge < -0.3 is 10.1 Å². The molecule has 0 spiro atoms. The van der Waals surface area contributed by atoms with Crippen LogP contribution in [0.3, 0.4) is 0 Å². The number of nitrogens with zero attached hydrogens (tertiary/aromatic N) is 3. The number of piperazine rings is 1. The van der Waals surface area contributed by atoms with Crippen molar-refractivity contribution in [2.24, 2.45) is 0 Å². The Labute approximate surface area is 135 Å². The number of nitrogens with one attached hydrogen (secondary N) is 1. The molecule has 1 aliphatic rings. The molecule has 0 amide bonds. The fraction of sp³-hybridized carbons (Fsp3) is 0.500. The van der Waals surface area contributed by atoms with Gasteiger partial charge in [-0.3, -0.25) is 9.88 Å². The maximum atomic E-state index is 5.35. The Bertz CT molecular complexity index is 589. The van der Waals surface area contributed by atoms with E-state index in [0.717, 1.165) is 36.9 Å². The van der Waals surface area contributed by atoms with Crippen LogP contribution in [0.1, 0.15) is 35.3 Å². The van der Waals surface area contributed by atoms with E-state index in [1.807, 2.05) is 25.4 Å². The standard InChI is InChI=1S/C16H22N4OS/c1-12(21-2)16-19-14(11-22-16)10-20-7-6-18-9-15(20)13-4-3-5-17-8-13/h3-5,8,11-12,15,18H,6-7,9-10H2,1-2H3. The SMILES string of the molecule is COC(C)c1nc(CN2CCNCC2c2cccnc2)cs1. The highest BCUT2D eigenvalue weighted by Gasteiger charge is 2.24. The molecule has 0 aliphatic carbocycles. The Morgan fingerprint density at radius 1 is 1.55 bits per heavy atom. The predicted octanol–water partition coefficient (Wildman–Crippen LogP) is 2.39. The molecule has 2 unspecified atom stereocenters. The number of pyridine rings is 1. The van der Waals surface area contributed by atoms with Crippen LogP contribution in [-0.2, 0) is 11.3 Å². The number of ether oxygens (including phenoxy) is 1. The Morgan fingerprint density at radius 3 is 3.23 bits per heavy atom. The summed E-state index contributed by atoms with van der Waals surface area (Å²) in [5.74, 6) is 0. The lowest BCUT2D eigenvalue weighted by molar-refractivity contribution is 0.118. The van der Waals surface area contributed by atoms with E-state index in [-0.39, 0.29) is 6.10 Å². The van der Waals surface area contributed by atoms with Crippen LogP contribution in [0.5, 0.6) is 0 Å². The van der Waals surface area contributed by atoms with Crippen LogP contribution in [0.25, 0.3) is 0 Å². The van der Waals surface area contributed by atoms with E-state index in [1.54, 1.807) is 18.4 Å². The van der Waals surface area contributed by atoms with Gasteiger partial charge in [0.25, 0.3) is 0 Å². The molecule has 1 saturated heterocycles. The minimum atomic E-state index is 0.0656. The van der Waals surface area contributed by atoms with Gasteiger partial charge in [-0.05, 0) is 18.6 Å². The van der Waals surface area contributed by atoms with Crippen molar-refractivity contribution in [2.45, 2.75) is 25.6 Å². The number of hydrogen-bond acceptors (Lipinski definition) is 6. The van der Waals surface area contributed by atoms with Gasteiger partial charge in [0, 0.05) is 57.1 Å². The monoisotopic (exact) mass is 318 g/mol. The van der Waals surface area contributed by atoms with Gasteiger partial charge in [0.1, 0.15) is 11.1 Å². The van der Waals surface area contributed by atoms with E-state index in [1.165, 1.54) is 5.56 Å². The molecular weight excluding hydrogens is 296 g/mol. The molecule has 2 aromatic rings. The summed E-state index contributed by atoms with van der Waals surface area (Å²) in [6.45, 7) is 5.89. The minimum Gasteiger partial charge on any atom is -0.375 e. The van der Waals surface area contributed by atoms with Crippen molar-refractivity contribution < 1.29 is 4.74 Å². The lowest BCUT2D eigenvalue weighted by atomic mass is 10.1. The van der Waals surface area contributed by atoms with E-state index in [4.69, 9.17) is 9.72 Å². The third-order valence-corrected chi connectivity index (χ3v) is 5.11. The van der Waals surface area contributed by atoms with Crippen molar-refractivity contribution in [1.82, 2.24) is 20.2 Å². The van der Waals surface area contributed by atoms with Gasteiger partial charge in [-0.2, -0.15) is 0 Å². The Hall–Kier alpha value is -1.34. The lowest BCUT2D eigenvalue weighted by Crippen LogP contribution is -2.45. The summed E-state index contributed by atoms with van der Waals surface area (Å²) in [5.41, 5.74) is 2.38. The average Bonchev–Trinajstić information content (AvgIpc) is 3.04. The lowest BCUT2D eigenvalue weighted by Gasteiger charge is -2.35. The Morgan fingerprint density at radius 2 is 2.45 bits per heavy atom. The highest BCUT2D eigenvalue weighted by atomic mass is 32.1. The molecule has 1 fully saturated rings. The Kier molecular flexibility index (Phi) is 5.15. The average molecular weight is 318 g/mol. The van der Waals surface area contributed by atoms with E-state index in [0.29, 0.717) is 6.04 Å². The first-order chi connectivity index (χ1) is 10.8. The second-order valence-corrected chi connectivity index (χ2v) is 6.42. The molecular formula is C16H22N4OS. The molecule has 2 aromatic heterocycles. The third kappa shape index (κ3) is 3.52. The number of thiazole rings is 1. The van der Waals surface area contributed by atoms with Gasteiger partial charge in [0.15, 0.2) is 0 Å². The van der Waals surface area contributed by atoms with Crippen molar-refractivity contribution in [2.75, 3.05) is 26.7 Å². The van der Waals surface area contributed by atoms with E-state index < -0.39 is 0 Å². The maximum Gasteiger partial charge on any atom is 0.122 e. The molecule has 5 nitrogen and oxygen atoms in total. The molecule has 2 atom stereocenters. The van der Waals surface area contributed by atoms with Crippen LogP contribution < -0.4 is 5.32 Å². The first-order valence-electron chi connectivity index (χ1n) is 7.59. The summed E-state index contributed by atoms with van der Waals surface area (Å²) in [6.07, 6.45) is 3.85. The molecule has 118 valence electrons. The highest BCUT2D eigenvalue weighted by molar-refractivity contribution is 7.09. The first-order valence-corrected chi connectivity index (χ1v) is 8.47. The topological polar surface area (TPSA) is 50.3 Å². The van der Waals surface area contributed by atoms with Crippen LogP contribution in [0, 0.1) is 0 Å². The van der Waals surface area contributed by atoms with E-state index in [9.17, 15) is 0 Å². The zero-order chi connectivity index (χ0) is 15.4. The zero-order valence-corrected chi connectivity index (χ0v) is 13.8. The summed E-state index contributed by atoms with van der Waals surface area (Å²) in [6, 6.07) is 4.51. The molecule has 6 heteroatoms. The van der Waals surface area contributed by atoms with Crippen molar-refractivity contribution in [3.63, 3.8) is 0 Å². The summed E-state index contributed by atoms with van der Waals surface area (Å²) < 4.78 is 5.35. The Balaban J connectivity index is 1.73. The number of methoxy groups -OCH3 is 1. The molecule has 1 aliphatic heterocycles. The normalized spacial score (nSPS) is 20.9. The summed E-state index contributed by atoms with van der Waals surface area (Å²) in [7, 11) is 1.72. The second-order valence-electron chi connectivity index (χ2n) is 5.53. The molecule has 3 rings (SSSR count). The molecule has 0 saturated carbocycles. The van der Waals surface area contributed by atoms with Crippen LogP contribution in [-0.4, -0.2) is 41.6 Å². The predicted molar refractivity (Wildman–Crippen MR) is 87.8 cm³/mol. The quantitative estimate of drug-likeness (QED) is 0.917. The van der Waals surface area contributed by atoms with Gasteiger partial charge in [-0.25, -0.2) is 4.98 Å². The van der Waals surface area contributed by atoms with Gasteiger partial charge in [0.05, 0.1) is 5.69 Å². The van der Waals surface area contributed by atoms with Crippen LogP contribution in [0.15, 0.2) is 29.9 Å². The summed E-state index contributed by atoms with van der Waals surface area (Å²) >= 11 is 1.68. The molecule has 0 bridgehead atoms.